The first kappa shape index (κ1) is 11.7. The molecule has 82 valence electrons. The van der Waals surface area contributed by atoms with Gasteiger partial charge in [0.1, 0.15) is 5.69 Å². The summed E-state index contributed by atoms with van der Waals surface area (Å²) >= 11 is 0. The Kier molecular flexibility index (Phi) is 3.83. The molecule has 0 atom stereocenters. The van der Waals surface area contributed by atoms with E-state index in [0.717, 1.165) is 5.69 Å². The summed E-state index contributed by atoms with van der Waals surface area (Å²) in [7, 11) is 0. The molecule has 1 N–H and O–H groups in total. The van der Waals surface area contributed by atoms with Gasteiger partial charge in [-0.1, -0.05) is 13.8 Å². The van der Waals surface area contributed by atoms with Crippen LogP contribution in [-0.4, -0.2) is 5.91 Å². The number of nitrogens with one attached hydrogen (secondary N) is 1. The number of aromatic nitrogens is 1. The molecule has 1 aromatic heterocycles. The van der Waals surface area contributed by atoms with Crippen molar-refractivity contribution in [2.45, 2.75) is 33.7 Å². The van der Waals surface area contributed by atoms with Crippen molar-refractivity contribution in [1.82, 2.24) is 0 Å². The second kappa shape index (κ2) is 4.91. The van der Waals surface area contributed by atoms with Crippen LogP contribution in [-0.2, 0) is 4.79 Å². The smallest absolute Gasteiger partial charge is 0.227 e. The normalized spacial score (nSPS) is 10.8. The van der Waals surface area contributed by atoms with Crippen LogP contribution in [0.15, 0.2) is 24.5 Å². The van der Waals surface area contributed by atoms with Gasteiger partial charge in [-0.2, -0.15) is 0 Å². The van der Waals surface area contributed by atoms with Gasteiger partial charge in [0.05, 0.1) is 0 Å². The molecule has 0 aliphatic rings. The van der Waals surface area contributed by atoms with Gasteiger partial charge in [0.25, 0.3) is 0 Å². The second-order valence-corrected chi connectivity index (χ2v) is 4.28. The Labute approximate surface area is 91.1 Å². The van der Waals surface area contributed by atoms with Crippen LogP contribution in [0.25, 0.3) is 0 Å². The Morgan fingerprint density at radius 2 is 2.00 bits per heavy atom. The number of pyridine rings is 1. The lowest BCUT2D eigenvalue weighted by Gasteiger charge is -2.07. The van der Waals surface area contributed by atoms with Crippen LogP contribution >= 0.6 is 0 Å². The number of hydrogen-bond donors (Lipinski definition) is 1. The summed E-state index contributed by atoms with van der Waals surface area (Å²) in [5.74, 6) is 0.0641. The molecule has 3 nitrogen and oxygen atoms in total. The van der Waals surface area contributed by atoms with E-state index in [2.05, 4.69) is 23.7 Å². The van der Waals surface area contributed by atoms with E-state index in [0.29, 0.717) is 6.04 Å². The molecule has 0 spiro atoms. The SMILES string of the molecule is CC(C)C(=O)Nc1ccc[n+](C(C)C)c1. The fourth-order valence-corrected chi connectivity index (χ4v) is 1.17. The third-order valence-corrected chi connectivity index (χ3v) is 2.21. The molecule has 0 unspecified atom stereocenters. The van der Waals surface area contributed by atoms with Crippen LogP contribution in [0, 0.1) is 5.92 Å². The van der Waals surface area contributed by atoms with Gasteiger partial charge in [-0.15, -0.1) is 0 Å². The van der Waals surface area contributed by atoms with E-state index in [1.807, 2.05) is 38.4 Å². The third kappa shape index (κ3) is 3.35. The molecular formula is C12H19N2O+. The lowest BCUT2D eigenvalue weighted by molar-refractivity contribution is -0.715. The van der Waals surface area contributed by atoms with E-state index in [4.69, 9.17) is 0 Å². The van der Waals surface area contributed by atoms with Crippen molar-refractivity contribution in [3.8, 4) is 0 Å². The van der Waals surface area contributed by atoms with Crippen LogP contribution in [0.4, 0.5) is 5.69 Å². The minimum absolute atomic E-state index is 0.0118. The number of anilines is 1. The molecule has 0 saturated heterocycles. The van der Waals surface area contributed by atoms with Crippen LogP contribution < -0.4 is 9.88 Å². The second-order valence-electron chi connectivity index (χ2n) is 4.28. The van der Waals surface area contributed by atoms with Crippen LogP contribution in [0.5, 0.6) is 0 Å². The summed E-state index contributed by atoms with van der Waals surface area (Å²) in [5.41, 5.74) is 0.852. The zero-order valence-electron chi connectivity index (χ0n) is 9.82. The standard InChI is InChI=1S/C12H18N2O/c1-9(2)12(15)13-11-6-5-7-14(8-11)10(3)4/h5-10H,1-4H3/p+1. The van der Waals surface area contributed by atoms with Gasteiger partial charge in [0.15, 0.2) is 18.4 Å². The number of hydrogen-bond acceptors (Lipinski definition) is 1. The van der Waals surface area contributed by atoms with Crippen molar-refractivity contribution in [2.75, 3.05) is 5.32 Å². The molecule has 1 aromatic rings. The molecule has 15 heavy (non-hydrogen) atoms. The largest absolute Gasteiger partial charge is 0.321 e. The average molecular weight is 207 g/mol. The highest BCUT2D eigenvalue weighted by atomic mass is 16.1. The van der Waals surface area contributed by atoms with Gasteiger partial charge in [-0.25, -0.2) is 4.57 Å². The number of amides is 1. The summed E-state index contributed by atoms with van der Waals surface area (Å²) < 4.78 is 2.07. The molecular weight excluding hydrogens is 188 g/mol. The molecule has 0 bridgehead atoms. The number of rotatable bonds is 3. The molecule has 0 aliphatic heterocycles. The Morgan fingerprint density at radius 1 is 1.33 bits per heavy atom. The van der Waals surface area contributed by atoms with Gasteiger partial charge in [-0.05, 0) is 19.9 Å². The molecule has 1 heterocycles. The van der Waals surface area contributed by atoms with Gasteiger partial charge in [-0.3, -0.25) is 4.79 Å². The van der Waals surface area contributed by atoms with Gasteiger partial charge < -0.3 is 5.32 Å². The fraction of sp³-hybridized carbons (Fsp3) is 0.500. The first-order valence-electron chi connectivity index (χ1n) is 5.32. The zero-order chi connectivity index (χ0) is 11.4. The molecule has 0 aliphatic carbocycles. The molecule has 3 heteroatoms. The minimum atomic E-state index is 0.0118. The summed E-state index contributed by atoms with van der Waals surface area (Å²) in [4.78, 5) is 11.5. The van der Waals surface area contributed by atoms with Gasteiger partial charge >= 0.3 is 0 Å². The van der Waals surface area contributed by atoms with Gasteiger partial charge in [0, 0.05) is 12.0 Å². The molecule has 1 rings (SSSR count). The first-order chi connectivity index (χ1) is 7.00. The lowest BCUT2D eigenvalue weighted by Crippen LogP contribution is -2.35. The Balaban J connectivity index is 2.78. The molecule has 0 fully saturated rings. The highest BCUT2D eigenvalue weighted by Gasteiger charge is 2.10. The quantitative estimate of drug-likeness (QED) is 0.757. The van der Waals surface area contributed by atoms with Crippen molar-refractivity contribution in [3.05, 3.63) is 24.5 Å². The monoisotopic (exact) mass is 207 g/mol. The number of carbonyl (C=O) groups excluding carboxylic acids is 1. The number of carbonyl (C=O) groups is 1. The molecule has 1 amide bonds. The highest BCUT2D eigenvalue weighted by Crippen LogP contribution is 2.06. The van der Waals surface area contributed by atoms with Crippen molar-refractivity contribution >= 4 is 11.6 Å². The Morgan fingerprint density at radius 3 is 2.53 bits per heavy atom. The molecule has 0 aromatic carbocycles. The highest BCUT2D eigenvalue weighted by molar-refractivity contribution is 5.91. The van der Waals surface area contributed by atoms with Crippen LogP contribution in [0.2, 0.25) is 0 Å². The van der Waals surface area contributed by atoms with Crippen molar-refractivity contribution in [3.63, 3.8) is 0 Å². The Hall–Kier alpha value is -1.38. The predicted molar refractivity (Wildman–Crippen MR) is 60.5 cm³/mol. The Bertz CT molecular complexity index is 345. The zero-order valence-corrected chi connectivity index (χ0v) is 9.82. The summed E-state index contributed by atoms with van der Waals surface area (Å²) in [6, 6.07) is 4.25. The van der Waals surface area contributed by atoms with Crippen LogP contribution in [0.3, 0.4) is 0 Å². The fourth-order valence-electron chi connectivity index (χ4n) is 1.17. The summed E-state index contributed by atoms with van der Waals surface area (Å²) in [5, 5.41) is 2.88. The van der Waals surface area contributed by atoms with E-state index >= 15 is 0 Å². The maximum absolute atomic E-state index is 11.5. The summed E-state index contributed by atoms with van der Waals surface area (Å²) in [6.07, 6.45) is 3.95. The number of nitrogens with zero attached hydrogens (tertiary/aromatic N) is 1. The predicted octanol–water partition coefficient (Wildman–Crippen LogP) is 2.15. The van der Waals surface area contributed by atoms with Gasteiger partial charge in [0.2, 0.25) is 5.91 Å². The molecule has 0 radical (unpaired) electrons. The maximum Gasteiger partial charge on any atom is 0.227 e. The topological polar surface area (TPSA) is 33.0 Å². The van der Waals surface area contributed by atoms with Crippen molar-refractivity contribution < 1.29 is 9.36 Å². The minimum Gasteiger partial charge on any atom is -0.321 e. The van der Waals surface area contributed by atoms with Crippen LogP contribution in [0.1, 0.15) is 33.7 Å². The third-order valence-electron chi connectivity index (χ3n) is 2.21. The van der Waals surface area contributed by atoms with Crippen molar-refractivity contribution in [1.29, 1.82) is 0 Å². The first-order valence-corrected chi connectivity index (χ1v) is 5.32. The van der Waals surface area contributed by atoms with E-state index < -0.39 is 0 Å². The van der Waals surface area contributed by atoms with E-state index in [1.165, 1.54) is 0 Å². The average Bonchev–Trinajstić information content (AvgIpc) is 2.18. The summed E-state index contributed by atoms with van der Waals surface area (Å²) in [6.45, 7) is 7.98. The maximum atomic E-state index is 11.5. The van der Waals surface area contributed by atoms with Crippen molar-refractivity contribution in [2.24, 2.45) is 5.92 Å². The van der Waals surface area contributed by atoms with E-state index in [9.17, 15) is 4.79 Å². The molecule has 0 saturated carbocycles. The van der Waals surface area contributed by atoms with E-state index in [-0.39, 0.29) is 11.8 Å². The van der Waals surface area contributed by atoms with E-state index in [1.54, 1.807) is 0 Å². The lowest BCUT2D eigenvalue weighted by atomic mass is 10.2.